The van der Waals surface area contributed by atoms with Crippen LogP contribution < -0.4 is 5.32 Å². The van der Waals surface area contributed by atoms with Crippen LogP contribution in [0.1, 0.15) is 46.0 Å². The Hall–Kier alpha value is -0.120. The van der Waals surface area contributed by atoms with Crippen molar-refractivity contribution >= 4 is 0 Å². The molecule has 0 bridgehead atoms. The van der Waals surface area contributed by atoms with Gasteiger partial charge in [-0.1, -0.05) is 0 Å². The summed E-state index contributed by atoms with van der Waals surface area (Å²) in [4.78, 5) is 2.70. The van der Waals surface area contributed by atoms with Crippen molar-refractivity contribution in [3.05, 3.63) is 0 Å². The summed E-state index contributed by atoms with van der Waals surface area (Å²) in [6.45, 7) is 10.4. The maximum atomic E-state index is 5.72. The summed E-state index contributed by atoms with van der Waals surface area (Å²) in [5.41, 5.74) is 0.777. The first-order valence-corrected chi connectivity index (χ1v) is 7.66. The van der Waals surface area contributed by atoms with Crippen molar-refractivity contribution in [2.45, 2.75) is 57.5 Å². The fraction of sp³-hybridized carbons (Fsp3) is 1.00. The highest BCUT2D eigenvalue weighted by Crippen LogP contribution is 2.36. The average Bonchev–Trinajstić information content (AvgIpc) is 2.96. The molecular weight excluding hydrogens is 224 g/mol. The van der Waals surface area contributed by atoms with Gasteiger partial charge in [0.25, 0.3) is 0 Å². The molecule has 0 radical (unpaired) electrons. The number of ether oxygens (including phenoxy) is 1. The maximum absolute atomic E-state index is 5.72. The predicted molar refractivity (Wildman–Crippen MR) is 73.8 cm³/mol. The molecule has 0 aromatic heterocycles. The van der Waals surface area contributed by atoms with Crippen LogP contribution in [-0.4, -0.2) is 49.3 Å². The lowest BCUT2D eigenvalue weighted by Gasteiger charge is -2.39. The summed E-state index contributed by atoms with van der Waals surface area (Å²) >= 11 is 0. The van der Waals surface area contributed by atoms with Gasteiger partial charge in [-0.3, -0.25) is 4.90 Å². The number of hydrogen-bond donors (Lipinski definition) is 1. The molecule has 3 aliphatic rings. The molecule has 2 heterocycles. The van der Waals surface area contributed by atoms with Crippen molar-refractivity contribution in [2.75, 3.05) is 32.8 Å². The van der Waals surface area contributed by atoms with Crippen molar-refractivity contribution < 1.29 is 4.74 Å². The minimum Gasteiger partial charge on any atom is -0.381 e. The van der Waals surface area contributed by atoms with Gasteiger partial charge in [0.05, 0.1) is 6.61 Å². The molecule has 1 saturated carbocycles. The summed E-state index contributed by atoms with van der Waals surface area (Å²) in [6.07, 6.45) is 6.71. The third-order valence-corrected chi connectivity index (χ3v) is 5.13. The molecule has 0 amide bonds. The second kappa shape index (κ2) is 4.77. The Morgan fingerprint density at radius 2 is 2.11 bits per heavy atom. The summed E-state index contributed by atoms with van der Waals surface area (Å²) in [7, 11) is 0. The molecule has 2 saturated heterocycles. The molecule has 0 aromatic rings. The van der Waals surface area contributed by atoms with E-state index in [0.717, 1.165) is 25.8 Å². The SMILES string of the molecule is CC1(C)CCCN1CC1(CNC2CC2)CCOC1. The van der Waals surface area contributed by atoms with Crippen LogP contribution in [0.25, 0.3) is 0 Å². The lowest BCUT2D eigenvalue weighted by Crippen LogP contribution is -2.49. The number of hydrogen-bond acceptors (Lipinski definition) is 3. The van der Waals surface area contributed by atoms with E-state index < -0.39 is 0 Å². The molecule has 1 atom stereocenters. The van der Waals surface area contributed by atoms with E-state index in [9.17, 15) is 0 Å². The number of nitrogens with one attached hydrogen (secondary N) is 1. The second-order valence-corrected chi connectivity index (χ2v) is 7.30. The van der Waals surface area contributed by atoms with E-state index in [0.29, 0.717) is 11.0 Å². The molecule has 0 aromatic carbocycles. The van der Waals surface area contributed by atoms with Gasteiger partial charge in [0, 0.05) is 36.7 Å². The van der Waals surface area contributed by atoms with Gasteiger partial charge >= 0.3 is 0 Å². The Labute approximate surface area is 111 Å². The molecule has 2 aliphatic heterocycles. The number of likely N-dealkylation sites (tertiary alicyclic amines) is 1. The molecule has 18 heavy (non-hydrogen) atoms. The topological polar surface area (TPSA) is 24.5 Å². The summed E-state index contributed by atoms with van der Waals surface area (Å²) in [6, 6.07) is 0.814. The molecule has 104 valence electrons. The van der Waals surface area contributed by atoms with Crippen LogP contribution >= 0.6 is 0 Å². The smallest absolute Gasteiger partial charge is 0.0547 e. The van der Waals surface area contributed by atoms with Crippen LogP contribution in [0.3, 0.4) is 0 Å². The Morgan fingerprint density at radius 3 is 2.67 bits per heavy atom. The molecular formula is C15H28N2O. The van der Waals surface area contributed by atoms with Gasteiger partial charge in [-0.05, 0) is 52.5 Å². The third-order valence-electron chi connectivity index (χ3n) is 5.13. The van der Waals surface area contributed by atoms with Crippen molar-refractivity contribution in [1.82, 2.24) is 10.2 Å². The van der Waals surface area contributed by atoms with Gasteiger partial charge in [0.2, 0.25) is 0 Å². The van der Waals surface area contributed by atoms with Gasteiger partial charge in [-0.15, -0.1) is 0 Å². The van der Waals surface area contributed by atoms with Crippen molar-refractivity contribution in [3.8, 4) is 0 Å². The zero-order chi connectivity index (χ0) is 12.6. The van der Waals surface area contributed by atoms with E-state index in [4.69, 9.17) is 4.74 Å². The van der Waals surface area contributed by atoms with Crippen molar-refractivity contribution in [2.24, 2.45) is 5.41 Å². The molecule has 3 rings (SSSR count). The van der Waals surface area contributed by atoms with E-state index >= 15 is 0 Å². The minimum absolute atomic E-state index is 0.379. The first kappa shape index (κ1) is 12.9. The Morgan fingerprint density at radius 1 is 1.28 bits per heavy atom. The van der Waals surface area contributed by atoms with Gasteiger partial charge < -0.3 is 10.1 Å². The van der Waals surface area contributed by atoms with Crippen LogP contribution in [-0.2, 0) is 4.74 Å². The largest absolute Gasteiger partial charge is 0.381 e. The summed E-state index contributed by atoms with van der Waals surface area (Å²) < 4.78 is 5.72. The first-order chi connectivity index (χ1) is 8.60. The highest BCUT2D eigenvalue weighted by Gasteiger charge is 2.42. The summed E-state index contributed by atoms with van der Waals surface area (Å²) in [5.74, 6) is 0. The second-order valence-electron chi connectivity index (χ2n) is 7.30. The lowest BCUT2D eigenvalue weighted by atomic mass is 9.85. The quantitative estimate of drug-likeness (QED) is 0.810. The molecule has 3 heteroatoms. The Kier molecular flexibility index (Phi) is 3.41. The van der Waals surface area contributed by atoms with E-state index in [2.05, 4.69) is 24.1 Å². The first-order valence-electron chi connectivity index (χ1n) is 7.66. The molecule has 1 aliphatic carbocycles. The zero-order valence-corrected chi connectivity index (χ0v) is 12.0. The van der Waals surface area contributed by atoms with Gasteiger partial charge in [0.15, 0.2) is 0 Å². The van der Waals surface area contributed by atoms with Crippen LogP contribution in [0.4, 0.5) is 0 Å². The van der Waals surface area contributed by atoms with E-state index in [1.54, 1.807) is 0 Å². The van der Waals surface area contributed by atoms with Crippen molar-refractivity contribution in [3.63, 3.8) is 0 Å². The monoisotopic (exact) mass is 252 g/mol. The van der Waals surface area contributed by atoms with Crippen LogP contribution in [0.5, 0.6) is 0 Å². The lowest BCUT2D eigenvalue weighted by molar-refractivity contribution is 0.0760. The minimum atomic E-state index is 0.379. The zero-order valence-electron chi connectivity index (χ0n) is 12.0. The highest BCUT2D eigenvalue weighted by molar-refractivity contribution is 4.96. The number of nitrogens with zero attached hydrogens (tertiary/aromatic N) is 1. The predicted octanol–water partition coefficient (Wildman–Crippen LogP) is 2.02. The molecule has 0 spiro atoms. The third kappa shape index (κ3) is 2.73. The normalized spacial score (nSPS) is 36.3. The van der Waals surface area contributed by atoms with Gasteiger partial charge in [-0.2, -0.15) is 0 Å². The molecule has 3 fully saturated rings. The van der Waals surface area contributed by atoms with Crippen LogP contribution in [0.15, 0.2) is 0 Å². The Balaban J connectivity index is 1.61. The van der Waals surface area contributed by atoms with E-state index in [1.807, 2.05) is 0 Å². The summed E-state index contributed by atoms with van der Waals surface area (Å²) in [5, 5.41) is 3.73. The van der Waals surface area contributed by atoms with E-state index in [-0.39, 0.29) is 0 Å². The fourth-order valence-electron chi connectivity index (χ4n) is 3.48. The fourth-order valence-corrected chi connectivity index (χ4v) is 3.48. The van der Waals surface area contributed by atoms with E-state index in [1.165, 1.54) is 45.2 Å². The van der Waals surface area contributed by atoms with Gasteiger partial charge in [-0.25, -0.2) is 0 Å². The highest BCUT2D eigenvalue weighted by atomic mass is 16.5. The van der Waals surface area contributed by atoms with Crippen LogP contribution in [0, 0.1) is 5.41 Å². The molecule has 1 N–H and O–H groups in total. The Bertz CT molecular complexity index is 293. The van der Waals surface area contributed by atoms with Gasteiger partial charge in [0.1, 0.15) is 0 Å². The maximum Gasteiger partial charge on any atom is 0.0547 e. The molecule has 3 nitrogen and oxygen atoms in total. The number of rotatable bonds is 5. The molecule has 1 unspecified atom stereocenters. The van der Waals surface area contributed by atoms with Crippen LogP contribution in [0.2, 0.25) is 0 Å². The standard InChI is InChI=1S/C15H28N2O/c1-14(2)6-3-8-17(14)11-15(7-9-18-12-15)10-16-13-4-5-13/h13,16H,3-12H2,1-2H3. The van der Waals surface area contributed by atoms with Crippen molar-refractivity contribution in [1.29, 1.82) is 0 Å². The average molecular weight is 252 g/mol.